The van der Waals surface area contributed by atoms with E-state index in [4.69, 9.17) is 16.0 Å². The minimum Gasteiger partial charge on any atom is -0.407 e. The van der Waals surface area contributed by atoms with Crippen molar-refractivity contribution in [1.82, 2.24) is 15.2 Å². The Morgan fingerprint density at radius 2 is 2.35 bits per heavy atom. The first-order chi connectivity index (χ1) is 8.15. The van der Waals surface area contributed by atoms with Gasteiger partial charge in [0.1, 0.15) is 5.38 Å². The maximum atomic E-state index is 5.82. The Labute approximate surface area is 108 Å². The SMILES string of the molecule is Cc1nc(CCNc2nnc(C(C)Cl)o2)cs1. The Hall–Kier alpha value is -1.14. The van der Waals surface area contributed by atoms with Gasteiger partial charge in [-0.05, 0) is 13.8 Å². The van der Waals surface area contributed by atoms with Gasteiger partial charge in [-0.15, -0.1) is 28.0 Å². The lowest BCUT2D eigenvalue weighted by molar-refractivity contribution is 0.506. The van der Waals surface area contributed by atoms with Crippen LogP contribution in [0, 0.1) is 6.92 Å². The van der Waals surface area contributed by atoms with Crippen LogP contribution in [0.3, 0.4) is 0 Å². The molecule has 0 aromatic carbocycles. The van der Waals surface area contributed by atoms with Crippen LogP contribution in [0.5, 0.6) is 0 Å². The molecule has 0 aliphatic heterocycles. The summed E-state index contributed by atoms with van der Waals surface area (Å²) in [6.45, 7) is 4.49. The number of thiazole rings is 1. The second-order valence-electron chi connectivity index (χ2n) is 3.60. The summed E-state index contributed by atoms with van der Waals surface area (Å²) in [6, 6.07) is 0.402. The highest BCUT2D eigenvalue weighted by atomic mass is 35.5. The molecule has 17 heavy (non-hydrogen) atoms. The summed E-state index contributed by atoms with van der Waals surface area (Å²) in [5, 5.41) is 13.6. The molecule has 7 heteroatoms. The molecule has 0 spiro atoms. The van der Waals surface area contributed by atoms with E-state index in [1.165, 1.54) is 0 Å². The summed E-state index contributed by atoms with van der Waals surface area (Å²) in [4.78, 5) is 4.37. The van der Waals surface area contributed by atoms with Crippen LogP contribution in [0.15, 0.2) is 9.80 Å². The van der Waals surface area contributed by atoms with Crippen molar-refractivity contribution in [2.75, 3.05) is 11.9 Å². The van der Waals surface area contributed by atoms with Crippen molar-refractivity contribution in [3.63, 3.8) is 0 Å². The van der Waals surface area contributed by atoms with E-state index in [0.717, 1.165) is 17.1 Å². The van der Waals surface area contributed by atoms with Crippen LogP contribution in [-0.4, -0.2) is 21.7 Å². The second kappa shape index (κ2) is 5.46. The monoisotopic (exact) mass is 272 g/mol. The minimum absolute atomic E-state index is 0.265. The second-order valence-corrected chi connectivity index (χ2v) is 5.31. The Kier molecular flexibility index (Phi) is 3.96. The number of nitrogens with one attached hydrogen (secondary N) is 1. The van der Waals surface area contributed by atoms with Gasteiger partial charge in [-0.25, -0.2) is 4.98 Å². The molecule has 0 aliphatic carbocycles. The van der Waals surface area contributed by atoms with E-state index in [2.05, 4.69) is 25.9 Å². The third-order valence-corrected chi connectivity index (χ3v) is 3.11. The Morgan fingerprint density at radius 3 is 2.94 bits per heavy atom. The molecular formula is C10H13ClN4OS. The van der Waals surface area contributed by atoms with Gasteiger partial charge < -0.3 is 9.73 Å². The van der Waals surface area contributed by atoms with Crippen LogP contribution in [0.1, 0.15) is 28.9 Å². The van der Waals surface area contributed by atoms with Gasteiger partial charge in [0.05, 0.1) is 10.7 Å². The molecule has 0 saturated carbocycles. The van der Waals surface area contributed by atoms with E-state index in [0.29, 0.717) is 18.5 Å². The van der Waals surface area contributed by atoms with E-state index in [1.54, 1.807) is 18.3 Å². The Morgan fingerprint density at radius 1 is 1.53 bits per heavy atom. The van der Waals surface area contributed by atoms with Gasteiger partial charge in [0.25, 0.3) is 0 Å². The molecule has 2 heterocycles. The highest BCUT2D eigenvalue weighted by Gasteiger charge is 2.10. The summed E-state index contributed by atoms with van der Waals surface area (Å²) in [6.07, 6.45) is 0.832. The zero-order valence-electron chi connectivity index (χ0n) is 9.61. The highest BCUT2D eigenvalue weighted by molar-refractivity contribution is 7.09. The first kappa shape index (κ1) is 12.3. The fraction of sp³-hybridized carbons (Fsp3) is 0.500. The molecule has 1 N–H and O–H groups in total. The largest absolute Gasteiger partial charge is 0.407 e. The predicted molar refractivity (Wildman–Crippen MR) is 67.6 cm³/mol. The molecule has 0 amide bonds. The number of hydrogen-bond acceptors (Lipinski definition) is 6. The molecule has 1 atom stereocenters. The lowest BCUT2D eigenvalue weighted by Gasteiger charge is -1.98. The summed E-state index contributed by atoms with van der Waals surface area (Å²) in [5.41, 5.74) is 1.07. The van der Waals surface area contributed by atoms with Crippen LogP contribution in [0.4, 0.5) is 6.01 Å². The topological polar surface area (TPSA) is 63.8 Å². The standard InChI is InChI=1S/C10H13ClN4OS/c1-6(11)9-14-15-10(16-9)12-4-3-8-5-17-7(2)13-8/h5-6H,3-4H2,1-2H3,(H,12,15). The van der Waals surface area contributed by atoms with Crippen molar-refractivity contribution in [2.45, 2.75) is 25.6 Å². The smallest absolute Gasteiger partial charge is 0.315 e. The van der Waals surface area contributed by atoms with Gasteiger partial charge >= 0.3 is 6.01 Å². The first-order valence-electron chi connectivity index (χ1n) is 5.27. The lowest BCUT2D eigenvalue weighted by atomic mass is 10.3. The van der Waals surface area contributed by atoms with E-state index >= 15 is 0 Å². The number of alkyl halides is 1. The minimum atomic E-state index is -0.265. The van der Waals surface area contributed by atoms with Crippen LogP contribution < -0.4 is 5.32 Å². The molecule has 2 rings (SSSR count). The number of hydrogen-bond donors (Lipinski definition) is 1. The predicted octanol–water partition coefficient (Wildman–Crippen LogP) is 2.79. The van der Waals surface area contributed by atoms with Gasteiger partial charge in [0.2, 0.25) is 5.89 Å². The van der Waals surface area contributed by atoms with Gasteiger partial charge in [-0.2, -0.15) is 0 Å². The zero-order valence-corrected chi connectivity index (χ0v) is 11.2. The van der Waals surface area contributed by atoms with Crippen LogP contribution in [0.25, 0.3) is 0 Å². The van der Waals surface area contributed by atoms with Gasteiger partial charge in [-0.3, -0.25) is 0 Å². The number of rotatable bonds is 5. The third kappa shape index (κ3) is 3.41. The number of nitrogens with zero attached hydrogens (tertiary/aromatic N) is 3. The number of anilines is 1. The molecule has 0 fully saturated rings. The van der Waals surface area contributed by atoms with Gasteiger partial charge in [0, 0.05) is 18.3 Å². The van der Waals surface area contributed by atoms with E-state index in [9.17, 15) is 0 Å². The highest BCUT2D eigenvalue weighted by Crippen LogP contribution is 2.19. The average Bonchev–Trinajstić information content (AvgIpc) is 2.88. The maximum absolute atomic E-state index is 5.82. The van der Waals surface area contributed by atoms with Crippen molar-refractivity contribution in [1.29, 1.82) is 0 Å². The molecule has 0 aliphatic rings. The van der Waals surface area contributed by atoms with Crippen molar-refractivity contribution in [3.8, 4) is 0 Å². The van der Waals surface area contributed by atoms with Gasteiger partial charge in [-0.1, -0.05) is 5.10 Å². The van der Waals surface area contributed by atoms with E-state index < -0.39 is 0 Å². The number of aromatic nitrogens is 3. The van der Waals surface area contributed by atoms with Gasteiger partial charge in [0.15, 0.2) is 0 Å². The lowest BCUT2D eigenvalue weighted by Crippen LogP contribution is -2.05. The fourth-order valence-corrected chi connectivity index (χ4v) is 2.02. The van der Waals surface area contributed by atoms with Crippen molar-refractivity contribution >= 4 is 29.0 Å². The summed E-state index contributed by atoms with van der Waals surface area (Å²) in [7, 11) is 0. The number of halogens is 1. The van der Waals surface area contributed by atoms with Crippen molar-refractivity contribution in [3.05, 3.63) is 22.0 Å². The first-order valence-corrected chi connectivity index (χ1v) is 6.59. The molecule has 5 nitrogen and oxygen atoms in total. The quantitative estimate of drug-likeness (QED) is 0.848. The molecule has 0 radical (unpaired) electrons. The van der Waals surface area contributed by atoms with Crippen LogP contribution in [-0.2, 0) is 6.42 Å². The molecule has 1 unspecified atom stereocenters. The van der Waals surface area contributed by atoms with Crippen molar-refractivity contribution < 1.29 is 4.42 Å². The molecule has 2 aromatic heterocycles. The van der Waals surface area contributed by atoms with E-state index in [1.807, 2.05) is 6.92 Å². The maximum Gasteiger partial charge on any atom is 0.315 e. The van der Waals surface area contributed by atoms with E-state index in [-0.39, 0.29) is 5.38 Å². The molecule has 92 valence electrons. The summed E-state index contributed by atoms with van der Waals surface area (Å²) in [5.74, 6) is 0.429. The zero-order chi connectivity index (χ0) is 12.3. The van der Waals surface area contributed by atoms with Crippen LogP contribution >= 0.6 is 22.9 Å². The average molecular weight is 273 g/mol. The van der Waals surface area contributed by atoms with Crippen molar-refractivity contribution in [2.24, 2.45) is 0 Å². The molecule has 0 bridgehead atoms. The summed E-state index contributed by atoms with van der Waals surface area (Å²) >= 11 is 7.47. The molecule has 0 saturated heterocycles. The fourth-order valence-electron chi connectivity index (χ4n) is 1.29. The summed E-state index contributed by atoms with van der Waals surface area (Å²) < 4.78 is 5.31. The Bertz CT molecular complexity index is 482. The number of aryl methyl sites for hydroxylation is 1. The van der Waals surface area contributed by atoms with Crippen LogP contribution in [0.2, 0.25) is 0 Å². The Balaban J connectivity index is 1.81. The third-order valence-electron chi connectivity index (χ3n) is 2.10. The molecule has 2 aromatic rings. The normalized spacial score (nSPS) is 12.6. The molecular weight excluding hydrogens is 260 g/mol.